The minimum atomic E-state index is 0.674. The minimum Gasteiger partial charge on any atom is -0.362 e. The van der Waals surface area contributed by atoms with Crippen molar-refractivity contribution in [1.29, 1.82) is 0 Å². The lowest BCUT2D eigenvalue weighted by atomic mass is 10.1. The number of thiocarbonyl (C=S) groups is 1. The van der Waals surface area contributed by atoms with Crippen LogP contribution in [0.4, 0.5) is 5.69 Å². The summed E-state index contributed by atoms with van der Waals surface area (Å²) in [7, 11) is 0. The molecule has 0 bridgehead atoms. The molecule has 0 aliphatic rings. The molecule has 3 rings (SSSR count). The first-order valence-electron chi connectivity index (χ1n) is 7.89. The van der Waals surface area contributed by atoms with Crippen LogP contribution in [0.15, 0.2) is 72.8 Å². The SMILES string of the molecule is S=C(NCCCc1ccccc1)Nc1ccc2ccccc2c1. The van der Waals surface area contributed by atoms with Gasteiger partial charge in [0.25, 0.3) is 0 Å². The molecule has 3 aromatic carbocycles. The summed E-state index contributed by atoms with van der Waals surface area (Å²) in [4.78, 5) is 0. The Morgan fingerprint density at radius 1 is 0.826 bits per heavy atom. The number of nitrogens with one attached hydrogen (secondary N) is 2. The van der Waals surface area contributed by atoms with Crippen molar-refractivity contribution in [2.75, 3.05) is 11.9 Å². The number of hydrogen-bond acceptors (Lipinski definition) is 1. The van der Waals surface area contributed by atoms with Crippen molar-refractivity contribution in [3.8, 4) is 0 Å². The number of hydrogen-bond donors (Lipinski definition) is 2. The Balaban J connectivity index is 1.46. The number of fused-ring (bicyclic) bond motifs is 1. The zero-order chi connectivity index (χ0) is 15.9. The summed E-state index contributed by atoms with van der Waals surface area (Å²) in [5.41, 5.74) is 2.38. The average Bonchev–Trinajstić information content (AvgIpc) is 2.59. The standard InChI is InChI=1S/C20H20N2S/c23-20(21-14-6-9-16-7-2-1-3-8-16)22-19-13-12-17-10-4-5-11-18(17)15-19/h1-5,7-8,10-13,15H,6,9,14H2,(H2,21,22,23). The van der Waals surface area contributed by atoms with Gasteiger partial charge in [-0.15, -0.1) is 0 Å². The van der Waals surface area contributed by atoms with E-state index in [4.69, 9.17) is 12.2 Å². The second kappa shape index (κ2) is 7.75. The van der Waals surface area contributed by atoms with Crippen LogP contribution in [0.3, 0.4) is 0 Å². The van der Waals surface area contributed by atoms with E-state index in [0.29, 0.717) is 5.11 Å². The van der Waals surface area contributed by atoms with E-state index in [1.54, 1.807) is 0 Å². The normalized spacial score (nSPS) is 10.4. The summed E-state index contributed by atoms with van der Waals surface area (Å²) < 4.78 is 0. The Hall–Kier alpha value is -2.39. The lowest BCUT2D eigenvalue weighted by Crippen LogP contribution is -2.29. The molecule has 3 aromatic rings. The molecule has 2 nitrogen and oxygen atoms in total. The number of benzene rings is 3. The number of anilines is 1. The van der Waals surface area contributed by atoms with Crippen LogP contribution in [0.25, 0.3) is 10.8 Å². The van der Waals surface area contributed by atoms with Crippen molar-refractivity contribution in [3.63, 3.8) is 0 Å². The van der Waals surface area contributed by atoms with E-state index in [2.05, 4.69) is 65.2 Å². The van der Waals surface area contributed by atoms with Crippen LogP contribution in [0.2, 0.25) is 0 Å². The molecule has 0 saturated heterocycles. The van der Waals surface area contributed by atoms with Gasteiger partial charge in [0.15, 0.2) is 5.11 Å². The Kier molecular flexibility index (Phi) is 5.22. The lowest BCUT2D eigenvalue weighted by molar-refractivity contribution is 0.777. The monoisotopic (exact) mass is 320 g/mol. The first kappa shape index (κ1) is 15.5. The third-order valence-electron chi connectivity index (χ3n) is 3.78. The summed E-state index contributed by atoms with van der Waals surface area (Å²) in [5.74, 6) is 0. The quantitative estimate of drug-likeness (QED) is 0.523. The molecule has 0 fully saturated rings. The molecule has 0 amide bonds. The zero-order valence-corrected chi connectivity index (χ0v) is 13.8. The van der Waals surface area contributed by atoms with Gasteiger partial charge in [-0.1, -0.05) is 60.7 Å². The van der Waals surface area contributed by atoms with E-state index in [1.165, 1.54) is 16.3 Å². The van der Waals surface area contributed by atoms with Crippen molar-refractivity contribution in [3.05, 3.63) is 78.4 Å². The molecule has 0 unspecified atom stereocenters. The highest BCUT2D eigenvalue weighted by atomic mass is 32.1. The maximum atomic E-state index is 5.37. The fraction of sp³-hybridized carbons (Fsp3) is 0.150. The van der Waals surface area contributed by atoms with Crippen LogP contribution in [0.5, 0.6) is 0 Å². The van der Waals surface area contributed by atoms with Crippen LogP contribution in [-0.4, -0.2) is 11.7 Å². The van der Waals surface area contributed by atoms with Gasteiger partial charge in [-0.25, -0.2) is 0 Å². The highest BCUT2D eigenvalue weighted by Gasteiger charge is 1.99. The van der Waals surface area contributed by atoms with Crippen molar-refractivity contribution in [1.82, 2.24) is 5.32 Å². The summed E-state index contributed by atoms with van der Waals surface area (Å²) in [6, 6.07) is 25.1. The van der Waals surface area contributed by atoms with Gasteiger partial charge in [-0.2, -0.15) is 0 Å². The fourth-order valence-electron chi connectivity index (χ4n) is 2.58. The second-order valence-electron chi connectivity index (χ2n) is 5.53. The van der Waals surface area contributed by atoms with Crippen LogP contribution >= 0.6 is 12.2 Å². The summed E-state index contributed by atoms with van der Waals surface area (Å²) >= 11 is 5.37. The predicted molar refractivity (Wildman–Crippen MR) is 103 cm³/mol. The van der Waals surface area contributed by atoms with E-state index in [0.717, 1.165) is 25.1 Å². The van der Waals surface area contributed by atoms with Crippen LogP contribution < -0.4 is 10.6 Å². The second-order valence-corrected chi connectivity index (χ2v) is 5.94. The van der Waals surface area contributed by atoms with E-state index in [-0.39, 0.29) is 0 Å². The van der Waals surface area contributed by atoms with E-state index in [1.807, 2.05) is 18.2 Å². The number of rotatable bonds is 5. The molecule has 23 heavy (non-hydrogen) atoms. The third kappa shape index (κ3) is 4.54. The molecule has 2 N–H and O–H groups in total. The van der Waals surface area contributed by atoms with Crippen LogP contribution in [-0.2, 0) is 6.42 Å². The van der Waals surface area contributed by atoms with Crippen molar-refractivity contribution < 1.29 is 0 Å². The molecule has 0 aromatic heterocycles. The Bertz CT molecular complexity index is 784. The molecule has 0 heterocycles. The van der Waals surface area contributed by atoms with Crippen LogP contribution in [0, 0.1) is 0 Å². The van der Waals surface area contributed by atoms with Gasteiger partial charge < -0.3 is 10.6 Å². The third-order valence-corrected chi connectivity index (χ3v) is 4.02. The highest BCUT2D eigenvalue weighted by Crippen LogP contribution is 2.18. The lowest BCUT2D eigenvalue weighted by Gasteiger charge is -2.11. The molecule has 0 aliphatic carbocycles. The molecular weight excluding hydrogens is 300 g/mol. The van der Waals surface area contributed by atoms with Crippen molar-refractivity contribution in [2.45, 2.75) is 12.8 Å². The minimum absolute atomic E-state index is 0.674. The topological polar surface area (TPSA) is 24.1 Å². The number of aryl methyl sites for hydroxylation is 1. The maximum absolute atomic E-state index is 5.37. The molecule has 0 spiro atoms. The molecule has 116 valence electrons. The van der Waals surface area contributed by atoms with Crippen LogP contribution in [0.1, 0.15) is 12.0 Å². The summed E-state index contributed by atoms with van der Waals surface area (Å²) in [6.07, 6.45) is 2.12. The van der Waals surface area contributed by atoms with Gasteiger partial charge >= 0.3 is 0 Å². The molecular formula is C20H20N2S. The summed E-state index contributed by atoms with van der Waals surface area (Å²) in [5, 5.41) is 9.65. The Labute approximate surface area is 142 Å². The summed E-state index contributed by atoms with van der Waals surface area (Å²) in [6.45, 7) is 0.869. The Morgan fingerprint density at radius 3 is 2.39 bits per heavy atom. The predicted octanol–water partition coefficient (Wildman–Crippen LogP) is 4.76. The van der Waals surface area contributed by atoms with Gasteiger partial charge in [0.1, 0.15) is 0 Å². The molecule has 0 saturated carbocycles. The molecule has 0 aliphatic heterocycles. The maximum Gasteiger partial charge on any atom is 0.170 e. The van der Waals surface area contributed by atoms with E-state index in [9.17, 15) is 0 Å². The van der Waals surface area contributed by atoms with Gasteiger partial charge in [-0.05, 0) is 53.5 Å². The smallest absolute Gasteiger partial charge is 0.170 e. The fourth-order valence-corrected chi connectivity index (χ4v) is 2.80. The average molecular weight is 320 g/mol. The van der Waals surface area contributed by atoms with Crippen molar-refractivity contribution >= 4 is 33.8 Å². The first-order chi connectivity index (χ1) is 11.3. The van der Waals surface area contributed by atoms with Crippen molar-refractivity contribution in [2.24, 2.45) is 0 Å². The zero-order valence-electron chi connectivity index (χ0n) is 13.0. The molecule has 0 atom stereocenters. The largest absolute Gasteiger partial charge is 0.362 e. The van der Waals surface area contributed by atoms with Gasteiger partial charge in [0.2, 0.25) is 0 Å². The molecule has 3 heteroatoms. The first-order valence-corrected chi connectivity index (χ1v) is 8.30. The van der Waals surface area contributed by atoms with Gasteiger partial charge in [0.05, 0.1) is 0 Å². The van der Waals surface area contributed by atoms with Gasteiger partial charge in [-0.3, -0.25) is 0 Å². The van der Waals surface area contributed by atoms with E-state index >= 15 is 0 Å². The highest BCUT2D eigenvalue weighted by molar-refractivity contribution is 7.80. The molecule has 0 radical (unpaired) electrons. The Morgan fingerprint density at radius 2 is 1.57 bits per heavy atom. The van der Waals surface area contributed by atoms with Gasteiger partial charge in [0, 0.05) is 12.2 Å². The van der Waals surface area contributed by atoms with E-state index < -0.39 is 0 Å².